The number of amides is 2. The molecule has 0 fully saturated rings. The number of nitrogens with one attached hydrogen (secondary N) is 2. The minimum Gasteiger partial charge on any atom is -0.507 e. The number of phenolic OH excluding ortho intramolecular Hbond substituents is 1. The lowest BCUT2D eigenvalue weighted by molar-refractivity contribution is 0.252. The lowest BCUT2D eigenvalue weighted by Crippen LogP contribution is -2.28. The Morgan fingerprint density at radius 2 is 1.84 bits per heavy atom. The van der Waals surface area contributed by atoms with E-state index in [9.17, 15) is 9.90 Å². The zero-order valence-corrected chi connectivity index (χ0v) is 14.4. The van der Waals surface area contributed by atoms with Gasteiger partial charge in [0, 0.05) is 24.5 Å². The molecule has 1 aromatic carbocycles. The second-order valence-electron chi connectivity index (χ2n) is 5.89. The van der Waals surface area contributed by atoms with Crippen molar-refractivity contribution in [3.8, 4) is 16.9 Å². The van der Waals surface area contributed by atoms with Gasteiger partial charge in [-0.1, -0.05) is 0 Å². The maximum Gasteiger partial charge on any atom is 0.319 e. The van der Waals surface area contributed by atoms with Crippen molar-refractivity contribution in [3.05, 3.63) is 47.8 Å². The Morgan fingerprint density at radius 1 is 1.12 bits per heavy atom. The van der Waals surface area contributed by atoms with Crippen LogP contribution in [0.15, 0.2) is 36.7 Å². The van der Waals surface area contributed by atoms with E-state index in [1.165, 1.54) is 0 Å². The molecule has 0 aliphatic carbocycles. The van der Waals surface area contributed by atoms with Gasteiger partial charge < -0.3 is 15.7 Å². The second-order valence-corrected chi connectivity index (χ2v) is 5.89. The van der Waals surface area contributed by atoms with Gasteiger partial charge >= 0.3 is 6.03 Å². The number of pyridine rings is 2. The third-order valence-corrected chi connectivity index (χ3v) is 3.99. The van der Waals surface area contributed by atoms with Gasteiger partial charge in [-0.3, -0.25) is 9.97 Å². The molecule has 0 unspecified atom stereocenters. The Balaban J connectivity index is 2.03. The fourth-order valence-corrected chi connectivity index (χ4v) is 2.74. The number of carbonyl (C=O) groups is 1. The van der Waals surface area contributed by atoms with Crippen molar-refractivity contribution in [1.82, 2.24) is 15.3 Å². The van der Waals surface area contributed by atoms with Crippen LogP contribution >= 0.6 is 0 Å². The molecule has 0 bridgehead atoms. The number of anilines is 1. The summed E-state index contributed by atoms with van der Waals surface area (Å²) in [6.07, 6.45) is 3.39. The summed E-state index contributed by atoms with van der Waals surface area (Å²) in [7, 11) is 0. The number of hydrogen-bond donors (Lipinski definition) is 3. The molecular formula is C19H20N4O2. The van der Waals surface area contributed by atoms with E-state index in [-0.39, 0.29) is 6.03 Å². The standard InChI is InChI=1S/C19H20N4O2/c1-4-20-19(25)23-15-5-6-21-16-9-14(10-22-17(15)16)13-7-11(2)18(24)12(3)8-13/h5-10,24H,4H2,1-3H3,(H2,20,21,23,25). The number of hydrogen-bond acceptors (Lipinski definition) is 4. The number of aryl methyl sites for hydroxylation is 2. The van der Waals surface area contributed by atoms with Crippen LogP contribution in [0.4, 0.5) is 10.5 Å². The van der Waals surface area contributed by atoms with E-state index < -0.39 is 0 Å². The maximum absolute atomic E-state index is 11.8. The molecule has 3 rings (SSSR count). The maximum atomic E-state index is 11.8. The minimum atomic E-state index is -0.273. The van der Waals surface area contributed by atoms with Gasteiger partial charge in [0.05, 0.1) is 11.2 Å². The van der Waals surface area contributed by atoms with Crippen molar-refractivity contribution in [2.45, 2.75) is 20.8 Å². The molecule has 2 amide bonds. The van der Waals surface area contributed by atoms with E-state index in [2.05, 4.69) is 20.6 Å². The van der Waals surface area contributed by atoms with Crippen molar-refractivity contribution < 1.29 is 9.90 Å². The van der Waals surface area contributed by atoms with Crippen LogP contribution in [0, 0.1) is 13.8 Å². The van der Waals surface area contributed by atoms with Gasteiger partial charge in [0.15, 0.2) is 0 Å². The first-order valence-electron chi connectivity index (χ1n) is 8.09. The first-order valence-corrected chi connectivity index (χ1v) is 8.09. The predicted octanol–water partition coefficient (Wildman–Crippen LogP) is 3.76. The number of rotatable bonds is 3. The van der Waals surface area contributed by atoms with E-state index in [0.717, 1.165) is 22.3 Å². The van der Waals surface area contributed by atoms with Crippen LogP contribution in [0.1, 0.15) is 18.1 Å². The van der Waals surface area contributed by atoms with Gasteiger partial charge in [-0.15, -0.1) is 0 Å². The second kappa shape index (κ2) is 6.76. The largest absolute Gasteiger partial charge is 0.507 e. The van der Waals surface area contributed by atoms with E-state index in [1.54, 1.807) is 18.5 Å². The lowest BCUT2D eigenvalue weighted by Gasteiger charge is -2.11. The topological polar surface area (TPSA) is 87.1 Å². The average Bonchev–Trinajstić information content (AvgIpc) is 2.59. The van der Waals surface area contributed by atoms with Gasteiger partial charge in [0.2, 0.25) is 0 Å². The van der Waals surface area contributed by atoms with Crippen LogP contribution in [-0.4, -0.2) is 27.7 Å². The zero-order chi connectivity index (χ0) is 18.0. The highest BCUT2D eigenvalue weighted by Gasteiger charge is 2.10. The Kier molecular flexibility index (Phi) is 4.52. The van der Waals surface area contributed by atoms with Crippen molar-refractivity contribution in [1.29, 1.82) is 0 Å². The van der Waals surface area contributed by atoms with Gasteiger partial charge in [0.1, 0.15) is 11.3 Å². The minimum absolute atomic E-state index is 0.273. The summed E-state index contributed by atoms with van der Waals surface area (Å²) in [6.45, 7) is 6.14. The Hall–Kier alpha value is -3.15. The molecular weight excluding hydrogens is 316 g/mol. The number of nitrogens with zero attached hydrogens (tertiary/aromatic N) is 2. The first-order chi connectivity index (χ1) is 12.0. The molecule has 0 aliphatic rings. The molecule has 0 saturated carbocycles. The summed E-state index contributed by atoms with van der Waals surface area (Å²) in [6, 6.07) is 7.21. The first kappa shape index (κ1) is 16.7. The van der Waals surface area contributed by atoms with Crippen LogP contribution in [0.3, 0.4) is 0 Å². The Bertz CT molecular complexity index is 930. The van der Waals surface area contributed by atoms with Gasteiger partial charge in [0.25, 0.3) is 0 Å². The van der Waals surface area contributed by atoms with Gasteiger partial charge in [-0.25, -0.2) is 4.79 Å². The van der Waals surface area contributed by atoms with Crippen molar-refractivity contribution in [2.24, 2.45) is 0 Å². The third-order valence-electron chi connectivity index (χ3n) is 3.99. The quantitative estimate of drug-likeness (QED) is 0.679. The summed E-state index contributed by atoms with van der Waals surface area (Å²) in [5.41, 5.74) is 5.43. The number of fused-ring (bicyclic) bond motifs is 1. The van der Waals surface area contributed by atoms with Crippen LogP contribution in [0.5, 0.6) is 5.75 Å². The van der Waals surface area contributed by atoms with Crippen molar-refractivity contribution in [2.75, 3.05) is 11.9 Å². The molecule has 2 heterocycles. The molecule has 0 atom stereocenters. The smallest absolute Gasteiger partial charge is 0.319 e. The molecule has 0 radical (unpaired) electrons. The highest BCUT2D eigenvalue weighted by molar-refractivity contribution is 5.99. The summed E-state index contributed by atoms with van der Waals surface area (Å²) in [4.78, 5) is 20.6. The monoisotopic (exact) mass is 336 g/mol. The Labute approximate surface area is 145 Å². The summed E-state index contributed by atoms with van der Waals surface area (Å²) in [5.74, 6) is 0.309. The fraction of sp³-hybridized carbons (Fsp3) is 0.211. The number of aromatic hydroxyl groups is 1. The molecule has 0 saturated heterocycles. The number of urea groups is 1. The summed E-state index contributed by atoms with van der Waals surface area (Å²) >= 11 is 0. The third kappa shape index (κ3) is 3.38. The molecule has 2 aromatic heterocycles. The molecule has 6 heteroatoms. The fourth-order valence-electron chi connectivity index (χ4n) is 2.74. The lowest BCUT2D eigenvalue weighted by atomic mass is 10.0. The van der Waals surface area contributed by atoms with Crippen molar-refractivity contribution in [3.63, 3.8) is 0 Å². The highest BCUT2D eigenvalue weighted by Crippen LogP contribution is 2.30. The van der Waals surface area contributed by atoms with Crippen LogP contribution in [0.2, 0.25) is 0 Å². The van der Waals surface area contributed by atoms with Crippen LogP contribution in [-0.2, 0) is 0 Å². The van der Waals surface area contributed by atoms with Crippen LogP contribution < -0.4 is 10.6 Å². The molecule has 6 nitrogen and oxygen atoms in total. The zero-order valence-electron chi connectivity index (χ0n) is 14.4. The summed E-state index contributed by atoms with van der Waals surface area (Å²) < 4.78 is 0. The van der Waals surface area contributed by atoms with Crippen LogP contribution in [0.25, 0.3) is 22.2 Å². The van der Waals surface area contributed by atoms with E-state index in [0.29, 0.717) is 29.0 Å². The predicted molar refractivity (Wildman–Crippen MR) is 98.8 cm³/mol. The van der Waals surface area contributed by atoms with Gasteiger partial charge in [-0.05, 0) is 61.7 Å². The number of aromatic nitrogens is 2. The molecule has 3 aromatic rings. The highest BCUT2D eigenvalue weighted by atomic mass is 16.3. The SMILES string of the molecule is CCNC(=O)Nc1ccnc2cc(-c3cc(C)c(O)c(C)c3)cnc12. The number of carbonyl (C=O) groups excluding carboxylic acids is 1. The van der Waals surface area contributed by atoms with Gasteiger partial charge in [-0.2, -0.15) is 0 Å². The average molecular weight is 336 g/mol. The summed E-state index contributed by atoms with van der Waals surface area (Å²) in [5, 5.41) is 15.4. The number of benzene rings is 1. The molecule has 3 N–H and O–H groups in total. The molecule has 128 valence electrons. The van der Waals surface area contributed by atoms with Crippen molar-refractivity contribution >= 4 is 22.8 Å². The molecule has 25 heavy (non-hydrogen) atoms. The van der Waals surface area contributed by atoms with E-state index >= 15 is 0 Å². The normalized spacial score (nSPS) is 10.7. The molecule has 0 aliphatic heterocycles. The molecule has 0 spiro atoms. The van der Waals surface area contributed by atoms with E-state index in [1.807, 2.05) is 39.0 Å². The van der Waals surface area contributed by atoms with E-state index in [4.69, 9.17) is 0 Å². The Morgan fingerprint density at radius 3 is 2.52 bits per heavy atom. The number of phenols is 1.